The summed E-state index contributed by atoms with van der Waals surface area (Å²) in [5.41, 5.74) is 2.50. The van der Waals surface area contributed by atoms with E-state index < -0.39 is 6.17 Å². The van der Waals surface area contributed by atoms with E-state index in [0.29, 0.717) is 17.5 Å². The minimum absolute atomic E-state index is 0.178. The van der Waals surface area contributed by atoms with Crippen LogP contribution in [-0.4, -0.2) is 22.3 Å². The maximum Gasteiger partial charge on any atom is 0.276 e. The number of ether oxygens (including phenoxy) is 1. The first-order valence-corrected chi connectivity index (χ1v) is 11.1. The second kappa shape index (κ2) is 8.28. The molecule has 3 aromatic rings. The molecule has 31 heavy (non-hydrogen) atoms. The number of benzene rings is 3. The average Bonchev–Trinajstić information content (AvgIpc) is 2.82. The van der Waals surface area contributed by atoms with Gasteiger partial charge in [-0.3, -0.25) is 15.1 Å². The Morgan fingerprint density at radius 2 is 1.84 bits per heavy atom. The van der Waals surface area contributed by atoms with Gasteiger partial charge in [-0.05, 0) is 30.0 Å². The smallest absolute Gasteiger partial charge is 0.276 e. The normalized spacial score (nSPS) is 17.1. The van der Waals surface area contributed by atoms with E-state index in [9.17, 15) is 4.79 Å². The Hall–Kier alpha value is -3.58. The van der Waals surface area contributed by atoms with Gasteiger partial charge in [0.05, 0.1) is 5.36 Å². The molecular formula is C24H20N4O2S. The summed E-state index contributed by atoms with van der Waals surface area (Å²) >= 11 is 1.39. The zero-order chi connectivity index (χ0) is 21.2. The fourth-order valence-electron chi connectivity index (χ4n) is 3.64. The Balaban J connectivity index is 1.54. The van der Waals surface area contributed by atoms with Crippen LogP contribution < -0.4 is 20.6 Å². The fraction of sp³-hybridized carbons (Fsp3) is 0.125. The number of fused-ring (bicyclic) bond motifs is 2. The number of para-hydroxylation sites is 1. The zero-order valence-corrected chi connectivity index (χ0v) is 17.7. The predicted molar refractivity (Wildman–Crippen MR) is 122 cm³/mol. The number of amidine groups is 1. The maximum absolute atomic E-state index is 12.9. The molecule has 2 heterocycles. The summed E-state index contributed by atoms with van der Waals surface area (Å²) in [4.78, 5) is 17.8. The standard InChI is InChI=1S/C24H20N4O2S/c1-31-24-26-23(29)21-19-12-5-6-13-20(19)25-22(28(21)27-24)17-10-7-11-18(14-17)30-15-16-8-3-2-4-9-16/h2-14,22H,15H2,1H3,(H,26,27,29)/t22-/m1/s1. The number of carbonyl (C=O) groups is 1. The molecule has 0 aliphatic carbocycles. The molecule has 5 rings (SSSR count). The van der Waals surface area contributed by atoms with Crippen LogP contribution in [0.5, 0.6) is 5.75 Å². The molecule has 0 unspecified atom stereocenters. The minimum atomic E-state index is -0.460. The van der Waals surface area contributed by atoms with Crippen LogP contribution in [0.1, 0.15) is 17.3 Å². The topological polar surface area (TPSA) is 66.3 Å². The SMILES string of the molecule is CSC1=NN2C(=c3ccccc3=N[C@H]2c2cccc(OCc3ccccc3)c2)C(=O)N1. The lowest BCUT2D eigenvalue weighted by atomic mass is 10.1. The van der Waals surface area contributed by atoms with Crippen LogP contribution in [0.2, 0.25) is 0 Å². The molecule has 0 radical (unpaired) electrons. The van der Waals surface area contributed by atoms with Gasteiger partial charge in [-0.1, -0.05) is 72.4 Å². The van der Waals surface area contributed by atoms with Crippen molar-refractivity contribution in [1.82, 2.24) is 10.3 Å². The molecule has 6 nitrogen and oxygen atoms in total. The van der Waals surface area contributed by atoms with Crippen molar-refractivity contribution in [3.63, 3.8) is 0 Å². The van der Waals surface area contributed by atoms with Gasteiger partial charge in [0.25, 0.3) is 5.91 Å². The maximum atomic E-state index is 12.9. The zero-order valence-electron chi connectivity index (χ0n) is 16.9. The molecule has 3 aromatic carbocycles. The summed E-state index contributed by atoms with van der Waals surface area (Å²) in [7, 11) is 0. The molecule has 2 aliphatic heterocycles. The van der Waals surface area contributed by atoms with E-state index in [-0.39, 0.29) is 5.91 Å². The number of nitrogens with one attached hydrogen (secondary N) is 1. The first-order valence-electron chi connectivity index (χ1n) is 9.90. The Labute approximate surface area is 184 Å². The summed E-state index contributed by atoms with van der Waals surface area (Å²) in [6, 6.07) is 25.5. The van der Waals surface area contributed by atoms with Crippen molar-refractivity contribution in [1.29, 1.82) is 0 Å². The lowest BCUT2D eigenvalue weighted by Gasteiger charge is -2.34. The Bertz CT molecular complexity index is 1290. The van der Waals surface area contributed by atoms with E-state index in [4.69, 9.17) is 9.73 Å². The van der Waals surface area contributed by atoms with Crippen LogP contribution >= 0.6 is 11.8 Å². The number of hydrogen-bond acceptors (Lipinski definition) is 6. The van der Waals surface area contributed by atoms with Gasteiger partial charge >= 0.3 is 0 Å². The quantitative estimate of drug-likeness (QED) is 0.694. The third-order valence-corrected chi connectivity index (χ3v) is 5.68. The number of nitrogens with zero attached hydrogens (tertiary/aromatic N) is 3. The lowest BCUT2D eigenvalue weighted by Crippen LogP contribution is -2.50. The molecule has 1 N–H and O–H groups in total. The number of thioether (sulfide) groups is 1. The summed E-state index contributed by atoms with van der Waals surface area (Å²) in [6.45, 7) is 0.479. The number of amides is 1. The molecule has 0 bridgehead atoms. The van der Waals surface area contributed by atoms with Gasteiger partial charge in [0.1, 0.15) is 18.1 Å². The number of rotatable bonds is 4. The van der Waals surface area contributed by atoms with Gasteiger partial charge in [0.15, 0.2) is 11.3 Å². The number of hydrogen-bond donors (Lipinski definition) is 1. The van der Waals surface area contributed by atoms with Crippen LogP contribution in [0, 0.1) is 0 Å². The molecule has 0 saturated carbocycles. The first kappa shape index (κ1) is 19.4. The van der Waals surface area contributed by atoms with E-state index in [0.717, 1.165) is 27.5 Å². The largest absolute Gasteiger partial charge is 0.489 e. The van der Waals surface area contributed by atoms with Crippen LogP contribution in [0.4, 0.5) is 0 Å². The third-order valence-electron chi connectivity index (χ3n) is 5.11. The van der Waals surface area contributed by atoms with Gasteiger partial charge in [-0.25, -0.2) is 5.01 Å². The van der Waals surface area contributed by atoms with Crippen LogP contribution in [-0.2, 0) is 11.4 Å². The molecular weight excluding hydrogens is 408 g/mol. The monoisotopic (exact) mass is 428 g/mol. The van der Waals surface area contributed by atoms with E-state index in [2.05, 4.69) is 10.4 Å². The molecule has 0 fully saturated rings. The second-order valence-electron chi connectivity index (χ2n) is 7.12. The summed E-state index contributed by atoms with van der Waals surface area (Å²) in [6.07, 6.45) is 1.42. The van der Waals surface area contributed by atoms with Crippen molar-refractivity contribution in [2.75, 3.05) is 6.26 Å². The van der Waals surface area contributed by atoms with Crippen LogP contribution in [0.3, 0.4) is 0 Å². The fourth-order valence-corrected chi connectivity index (χ4v) is 4.01. The Morgan fingerprint density at radius 3 is 2.68 bits per heavy atom. The van der Waals surface area contributed by atoms with Crippen molar-refractivity contribution in [3.8, 4) is 5.75 Å². The summed E-state index contributed by atoms with van der Waals surface area (Å²) in [5.74, 6) is 0.565. The Kier molecular flexibility index (Phi) is 5.18. The molecule has 1 amide bonds. The van der Waals surface area contributed by atoms with Crippen molar-refractivity contribution >= 4 is 28.5 Å². The predicted octanol–water partition coefficient (Wildman–Crippen LogP) is 2.77. The van der Waals surface area contributed by atoms with Crippen LogP contribution in [0.25, 0.3) is 5.70 Å². The first-order chi connectivity index (χ1) is 15.2. The van der Waals surface area contributed by atoms with Gasteiger partial charge in [0, 0.05) is 10.8 Å². The summed E-state index contributed by atoms with van der Waals surface area (Å²) < 4.78 is 6.01. The van der Waals surface area contributed by atoms with Crippen molar-refractivity contribution in [2.45, 2.75) is 12.8 Å². The molecule has 154 valence electrons. The molecule has 7 heteroatoms. The van der Waals surface area contributed by atoms with Gasteiger partial charge in [-0.15, -0.1) is 5.10 Å². The Morgan fingerprint density at radius 1 is 1.03 bits per heavy atom. The summed E-state index contributed by atoms with van der Waals surface area (Å²) in [5, 5.41) is 11.3. The molecule has 0 aromatic heterocycles. The van der Waals surface area contributed by atoms with E-state index in [1.54, 1.807) is 5.01 Å². The highest BCUT2D eigenvalue weighted by Crippen LogP contribution is 2.32. The van der Waals surface area contributed by atoms with Crippen molar-refractivity contribution in [2.24, 2.45) is 10.1 Å². The van der Waals surface area contributed by atoms with Crippen LogP contribution in [0.15, 0.2) is 89.0 Å². The molecule has 2 aliphatic rings. The third kappa shape index (κ3) is 3.80. The van der Waals surface area contributed by atoms with Gasteiger partial charge < -0.3 is 4.74 Å². The highest BCUT2D eigenvalue weighted by atomic mass is 32.2. The minimum Gasteiger partial charge on any atom is -0.489 e. The highest BCUT2D eigenvalue weighted by Gasteiger charge is 2.34. The number of hydrazone groups is 1. The van der Waals surface area contributed by atoms with E-state index in [1.165, 1.54) is 11.8 Å². The average molecular weight is 429 g/mol. The van der Waals surface area contributed by atoms with Gasteiger partial charge in [0.2, 0.25) is 0 Å². The van der Waals surface area contributed by atoms with E-state index >= 15 is 0 Å². The van der Waals surface area contributed by atoms with Crippen molar-refractivity contribution in [3.05, 3.63) is 101 Å². The van der Waals surface area contributed by atoms with Gasteiger partial charge in [-0.2, -0.15) is 0 Å². The molecule has 0 saturated heterocycles. The molecule has 0 spiro atoms. The number of carbonyl (C=O) groups excluding carboxylic acids is 1. The lowest BCUT2D eigenvalue weighted by molar-refractivity contribution is -0.116. The van der Waals surface area contributed by atoms with Crippen molar-refractivity contribution < 1.29 is 9.53 Å². The van der Waals surface area contributed by atoms with E-state index in [1.807, 2.05) is 85.1 Å². The second-order valence-corrected chi connectivity index (χ2v) is 7.92. The highest BCUT2D eigenvalue weighted by molar-refractivity contribution is 8.13. The molecule has 1 atom stereocenters.